The summed E-state index contributed by atoms with van der Waals surface area (Å²) in [7, 11) is -3.38. The molecule has 3 rings (SSSR count). The first-order chi connectivity index (χ1) is 14.8. The van der Waals surface area contributed by atoms with Crippen LogP contribution in [0.5, 0.6) is 0 Å². The molecule has 1 aliphatic heterocycles. The number of benzene rings is 2. The summed E-state index contributed by atoms with van der Waals surface area (Å²) in [5, 5.41) is 11.6. The van der Waals surface area contributed by atoms with E-state index in [1.807, 2.05) is 60.7 Å². The van der Waals surface area contributed by atoms with E-state index in [1.165, 1.54) is 0 Å². The van der Waals surface area contributed by atoms with Crippen molar-refractivity contribution in [3.8, 4) is 0 Å². The molecule has 7 nitrogen and oxygen atoms in total. The highest BCUT2D eigenvalue weighted by Crippen LogP contribution is 2.34. The summed E-state index contributed by atoms with van der Waals surface area (Å²) in [5.41, 5.74) is 0.553. The molecule has 1 saturated heterocycles. The van der Waals surface area contributed by atoms with E-state index in [4.69, 9.17) is 14.2 Å². The molecular formula is C23H31NO6S. The average Bonchev–Trinajstić information content (AvgIpc) is 2.74. The maximum absolute atomic E-state index is 11.6. The highest BCUT2D eigenvalue weighted by Gasteiger charge is 2.51. The second-order valence-corrected chi connectivity index (χ2v) is 9.77. The summed E-state index contributed by atoms with van der Waals surface area (Å²) in [6.07, 6.45) is -0.532. The lowest BCUT2D eigenvalue weighted by molar-refractivity contribution is -0.266. The van der Waals surface area contributed by atoms with Crippen molar-refractivity contribution in [2.45, 2.75) is 50.5 Å². The van der Waals surface area contributed by atoms with E-state index in [0.29, 0.717) is 13.2 Å². The van der Waals surface area contributed by atoms with Gasteiger partial charge in [-0.15, -0.1) is 0 Å². The molecule has 170 valence electrons. The van der Waals surface area contributed by atoms with Crippen molar-refractivity contribution in [1.82, 2.24) is 4.72 Å². The molecule has 1 aliphatic rings. The van der Waals surface area contributed by atoms with E-state index in [-0.39, 0.29) is 19.6 Å². The molecule has 0 amide bonds. The van der Waals surface area contributed by atoms with Crippen LogP contribution in [-0.4, -0.2) is 56.8 Å². The molecule has 3 unspecified atom stereocenters. The second kappa shape index (κ2) is 10.7. The molecular weight excluding hydrogens is 418 g/mol. The van der Waals surface area contributed by atoms with E-state index < -0.39 is 33.9 Å². The Morgan fingerprint density at radius 3 is 2.13 bits per heavy atom. The van der Waals surface area contributed by atoms with Crippen LogP contribution in [0.15, 0.2) is 60.7 Å². The number of rotatable bonds is 10. The highest BCUT2D eigenvalue weighted by molar-refractivity contribution is 7.88. The Morgan fingerprint density at radius 1 is 1.03 bits per heavy atom. The van der Waals surface area contributed by atoms with Crippen molar-refractivity contribution in [1.29, 1.82) is 0 Å². The Kier molecular flexibility index (Phi) is 8.21. The predicted octanol–water partition coefficient (Wildman–Crippen LogP) is 2.25. The van der Waals surface area contributed by atoms with E-state index in [1.54, 1.807) is 6.92 Å². The Balaban J connectivity index is 1.76. The first-order valence-corrected chi connectivity index (χ1v) is 12.3. The summed E-state index contributed by atoms with van der Waals surface area (Å²) < 4.78 is 43.6. The molecule has 2 N–H and O–H groups in total. The van der Waals surface area contributed by atoms with Crippen molar-refractivity contribution >= 4 is 10.0 Å². The predicted molar refractivity (Wildman–Crippen MR) is 118 cm³/mol. The topological polar surface area (TPSA) is 94.1 Å². The van der Waals surface area contributed by atoms with Crippen molar-refractivity contribution in [2.75, 3.05) is 19.4 Å². The van der Waals surface area contributed by atoms with E-state index in [0.717, 1.165) is 17.4 Å². The Morgan fingerprint density at radius 2 is 1.58 bits per heavy atom. The fourth-order valence-corrected chi connectivity index (χ4v) is 4.20. The molecule has 2 aromatic carbocycles. The van der Waals surface area contributed by atoms with Gasteiger partial charge >= 0.3 is 0 Å². The van der Waals surface area contributed by atoms with Crippen LogP contribution >= 0.6 is 0 Å². The SMILES string of the molecule is CC1OCC(OCc2ccccc2)C(OCc2ccccc2)[C@@]1(O)CCNS(C)(=O)=O. The minimum absolute atomic E-state index is 0.0691. The zero-order chi connectivity index (χ0) is 22.3. The average molecular weight is 450 g/mol. The summed E-state index contributed by atoms with van der Waals surface area (Å²) >= 11 is 0. The normalized spacial score (nSPS) is 26.6. The first kappa shape index (κ1) is 23.8. The number of hydrogen-bond acceptors (Lipinski definition) is 6. The molecule has 1 fully saturated rings. The molecule has 31 heavy (non-hydrogen) atoms. The third-order valence-corrected chi connectivity index (χ3v) is 6.24. The summed E-state index contributed by atoms with van der Waals surface area (Å²) in [4.78, 5) is 0. The number of ether oxygens (including phenoxy) is 3. The lowest BCUT2D eigenvalue weighted by atomic mass is 9.82. The van der Waals surface area contributed by atoms with Gasteiger partial charge in [0.05, 0.1) is 32.2 Å². The monoisotopic (exact) mass is 449 g/mol. The number of nitrogens with one attached hydrogen (secondary N) is 1. The fraction of sp³-hybridized carbons (Fsp3) is 0.478. The molecule has 1 heterocycles. The second-order valence-electron chi connectivity index (χ2n) is 7.94. The molecule has 8 heteroatoms. The summed E-state index contributed by atoms with van der Waals surface area (Å²) in [5.74, 6) is 0. The number of sulfonamides is 1. The quantitative estimate of drug-likeness (QED) is 0.578. The van der Waals surface area contributed by atoms with E-state index in [2.05, 4.69) is 4.72 Å². The number of hydrogen-bond donors (Lipinski definition) is 2. The van der Waals surface area contributed by atoms with Gasteiger partial charge < -0.3 is 19.3 Å². The van der Waals surface area contributed by atoms with Gasteiger partial charge in [0.2, 0.25) is 10.0 Å². The maximum atomic E-state index is 11.6. The summed E-state index contributed by atoms with van der Waals surface area (Å²) in [6, 6.07) is 19.4. The van der Waals surface area contributed by atoms with Gasteiger partial charge in [0, 0.05) is 6.54 Å². The van der Waals surface area contributed by atoms with Crippen LogP contribution in [-0.2, 0) is 37.4 Å². The highest BCUT2D eigenvalue weighted by atomic mass is 32.2. The Hall–Kier alpha value is -1.81. The molecule has 0 spiro atoms. The third kappa shape index (κ3) is 6.83. The van der Waals surface area contributed by atoms with Crippen LogP contribution in [0, 0.1) is 0 Å². The fourth-order valence-electron chi connectivity index (χ4n) is 3.73. The molecule has 2 aromatic rings. The van der Waals surface area contributed by atoms with Crippen molar-refractivity contribution in [3.63, 3.8) is 0 Å². The first-order valence-electron chi connectivity index (χ1n) is 10.4. The van der Waals surface area contributed by atoms with Gasteiger partial charge in [0.25, 0.3) is 0 Å². The van der Waals surface area contributed by atoms with Gasteiger partial charge in [0.15, 0.2) is 0 Å². The van der Waals surface area contributed by atoms with Crippen LogP contribution in [0.2, 0.25) is 0 Å². The minimum Gasteiger partial charge on any atom is -0.384 e. The molecule has 0 bridgehead atoms. The van der Waals surface area contributed by atoms with Crippen LogP contribution in [0.4, 0.5) is 0 Å². The lowest BCUT2D eigenvalue weighted by Gasteiger charge is -2.47. The Bertz CT molecular complexity index is 908. The maximum Gasteiger partial charge on any atom is 0.208 e. The van der Waals surface area contributed by atoms with Crippen LogP contribution in [0.25, 0.3) is 0 Å². The van der Waals surface area contributed by atoms with Crippen molar-refractivity contribution < 1.29 is 27.7 Å². The van der Waals surface area contributed by atoms with Gasteiger partial charge in [-0.2, -0.15) is 0 Å². The molecule has 0 radical (unpaired) electrons. The van der Waals surface area contributed by atoms with E-state index in [9.17, 15) is 13.5 Å². The molecule has 0 aliphatic carbocycles. The summed E-state index contributed by atoms with van der Waals surface area (Å²) in [6.45, 7) is 2.76. The number of aliphatic hydroxyl groups is 1. The van der Waals surface area contributed by atoms with Crippen molar-refractivity contribution in [3.05, 3.63) is 71.8 Å². The lowest BCUT2D eigenvalue weighted by Crippen LogP contribution is -2.64. The largest absolute Gasteiger partial charge is 0.384 e. The third-order valence-electron chi connectivity index (χ3n) is 5.51. The minimum atomic E-state index is -3.38. The van der Waals surface area contributed by atoms with Gasteiger partial charge in [-0.1, -0.05) is 60.7 Å². The van der Waals surface area contributed by atoms with Gasteiger partial charge in [-0.3, -0.25) is 0 Å². The van der Waals surface area contributed by atoms with Gasteiger partial charge in [0.1, 0.15) is 17.8 Å². The zero-order valence-electron chi connectivity index (χ0n) is 17.9. The Labute approximate surface area is 184 Å². The van der Waals surface area contributed by atoms with Crippen LogP contribution in [0.3, 0.4) is 0 Å². The molecule has 4 atom stereocenters. The van der Waals surface area contributed by atoms with Crippen molar-refractivity contribution in [2.24, 2.45) is 0 Å². The van der Waals surface area contributed by atoms with Gasteiger partial charge in [-0.05, 0) is 24.5 Å². The van der Waals surface area contributed by atoms with Gasteiger partial charge in [-0.25, -0.2) is 13.1 Å². The van der Waals surface area contributed by atoms with Crippen LogP contribution < -0.4 is 4.72 Å². The smallest absolute Gasteiger partial charge is 0.208 e. The van der Waals surface area contributed by atoms with E-state index >= 15 is 0 Å². The van der Waals surface area contributed by atoms with Crippen LogP contribution in [0.1, 0.15) is 24.5 Å². The standard InChI is InChI=1S/C23H31NO6S/c1-18-23(25,13-14-24-31(2,26)27)22(30-16-20-11-7-4-8-12-20)21(17-28-18)29-15-19-9-5-3-6-10-19/h3-12,18,21-22,24-25H,13-17H2,1-2H3/t18?,21?,22?,23-/m1/s1. The zero-order valence-corrected chi connectivity index (χ0v) is 18.8. The molecule has 0 aromatic heterocycles. The molecule has 0 saturated carbocycles.